The van der Waals surface area contributed by atoms with Gasteiger partial charge in [-0.2, -0.15) is 4.73 Å². The lowest BCUT2D eigenvalue weighted by atomic mass is 10.1. The van der Waals surface area contributed by atoms with Crippen molar-refractivity contribution >= 4 is 21.4 Å². The van der Waals surface area contributed by atoms with Gasteiger partial charge in [-0.1, -0.05) is 37.3 Å². The number of nitrogens with zero attached hydrogens (tertiary/aromatic N) is 1. The van der Waals surface area contributed by atoms with E-state index >= 15 is 0 Å². The zero-order valence-electron chi connectivity index (χ0n) is 16.3. The molecule has 0 unspecified atom stereocenters. The fourth-order valence-corrected chi connectivity index (χ4v) is 3.85. The number of aromatic nitrogens is 1. The lowest BCUT2D eigenvalue weighted by molar-refractivity contribution is -0.612. The van der Waals surface area contributed by atoms with Crippen LogP contribution < -0.4 is 10.0 Å². The van der Waals surface area contributed by atoms with Crippen molar-refractivity contribution in [2.75, 3.05) is 11.1 Å². The van der Waals surface area contributed by atoms with Crippen LogP contribution in [0.4, 0.5) is 5.69 Å². The largest absolute Gasteiger partial charge is 0.619 e. The number of pyridine rings is 1. The van der Waals surface area contributed by atoms with E-state index in [-0.39, 0.29) is 23.0 Å². The Kier molecular flexibility index (Phi) is 5.98. The number of anilines is 1. The number of hydrogen-bond donors (Lipinski definition) is 1. The molecule has 1 N–H and O–H groups in total. The van der Waals surface area contributed by atoms with Crippen LogP contribution in [0.25, 0.3) is 11.1 Å². The Hall–Kier alpha value is -3.19. The highest BCUT2D eigenvalue weighted by Crippen LogP contribution is 2.27. The predicted molar refractivity (Wildman–Crippen MR) is 112 cm³/mol. The van der Waals surface area contributed by atoms with Gasteiger partial charge in [0.1, 0.15) is 0 Å². The molecule has 0 aliphatic heterocycles. The lowest BCUT2D eigenvalue weighted by Gasteiger charge is -2.12. The van der Waals surface area contributed by atoms with Gasteiger partial charge in [-0.15, -0.1) is 0 Å². The van der Waals surface area contributed by atoms with Crippen LogP contribution in [0.2, 0.25) is 0 Å². The first-order chi connectivity index (χ1) is 13.8. The molecule has 0 aliphatic carbocycles. The molecule has 0 bridgehead atoms. The summed E-state index contributed by atoms with van der Waals surface area (Å²) >= 11 is 0. The molecule has 29 heavy (non-hydrogen) atoms. The Morgan fingerprint density at radius 3 is 2.41 bits per heavy atom. The van der Waals surface area contributed by atoms with E-state index in [2.05, 4.69) is 5.32 Å². The second-order valence-corrected chi connectivity index (χ2v) is 9.02. The lowest BCUT2D eigenvalue weighted by Crippen LogP contribution is -2.30. The second kappa shape index (κ2) is 8.45. The van der Waals surface area contributed by atoms with Crippen LogP contribution in [0.5, 0.6) is 0 Å². The van der Waals surface area contributed by atoms with Crippen molar-refractivity contribution in [3.63, 3.8) is 0 Å². The number of carbonyl (C=O) groups is 1. The first-order valence-corrected chi connectivity index (χ1v) is 10.9. The highest BCUT2D eigenvalue weighted by atomic mass is 32.2. The van der Waals surface area contributed by atoms with Gasteiger partial charge in [-0.05, 0) is 35.4 Å². The molecule has 1 aromatic heterocycles. The van der Waals surface area contributed by atoms with Crippen LogP contribution >= 0.6 is 0 Å². The van der Waals surface area contributed by atoms with Crippen molar-refractivity contribution in [3.8, 4) is 11.1 Å². The molecule has 0 atom stereocenters. The van der Waals surface area contributed by atoms with Gasteiger partial charge >= 0.3 is 0 Å². The third-order valence-electron chi connectivity index (χ3n) is 4.57. The first-order valence-electron chi connectivity index (χ1n) is 9.20. The number of hydrogen-bond acceptors (Lipinski definition) is 4. The van der Waals surface area contributed by atoms with Gasteiger partial charge in [0.2, 0.25) is 5.91 Å². The minimum atomic E-state index is -3.45. The third kappa shape index (κ3) is 5.00. The van der Waals surface area contributed by atoms with Crippen LogP contribution in [0.15, 0.2) is 71.8 Å². The SMILES string of the molecule is CCS(=O)(=O)c1cc(NC(=O)Cc2ccc(C)[n+]([O-])c2)cc(-c2ccccc2)c1. The minimum Gasteiger partial charge on any atom is -0.619 e. The number of benzene rings is 2. The zero-order chi connectivity index (χ0) is 21.0. The van der Waals surface area contributed by atoms with E-state index in [1.54, 1.807) is 38.1 Å². The van der Waals surface area contributed by atoms with Crippen molar-refractivity contribution < 1.29 is 17.9 Å². The summed E-state index contributed by atoms with van der Waals surface area (Å²) in [5.41, 5.74) is 3.05. The maximum Gasteiger partial charge on any atom is 0.229 e. The smallest absolute Gasteiger partial charge is 0.229 e. The van der Waals surface area contributed by atoms with Crippen LogP contribution in [0, 0.1) is 12.1 Å². The summed E-state index contributed by atoms with van der Waals surface area (Å²) < 4.78 is 25.6. The van der Waals surface area contributed by atoms with Crippen LogP contribution in [0.1, 0.15) is 18.2 Å². The van der Waals surface area contributed by atoms with Crippen LogP contribution in [-0.2, 0) is 21.1 Å². The molecule has 0 radical (unpaired) electrons. The molecular weight excluding hydrogens is 388 g/mol. The Morgan fingerprint density at radius 2 is 1.76 bits per heavy atom. The van der Waals surface area contributed by atoms with Crippen molar-refractivity contribution in [2.24, 2.45) is 0 Å². The number of amides is 1. The number of rotatable bonds is 6. The summed E-state index contributed by atoms with van der Waals surface area (Å²) in [6, 6.07) is 17.6. The molecule has 0 saturated heterocycles. The van der Waals surface area contributed by atoms with Crippen molar-refractivity contribution in [1.82, 2.24) is 0 Å². The van der Waals surface area contributed by atoms with Gasteiger partial charge in [-0.25, -0.2) is 8.42 Å². The number of carbonyl (C=O) groups excluding carboxylic acids is 1. The van der Waals surface area contributed by atoms with Crippen LogP contribution in [0.3, 0.4) is 0 Å². The summed E-state index contributed by atoms with van der Waals surface area (Å²) in [5.74, 6) is -0.371. The topological polar surface area (TPSA) is 90.2 Å². The van der Waals surface area contributed by atoms with E-state index < -0.39 is 9.84 Å². The highest BCUT2D eigenvalue weighted by Gasteiger charge is 2.16. The average molecular weight is 410 g/mol. The molecular formula is C22H22N2O4S. The minimum absolute atomic E-state index is 0.00788. The highest BCUT2D eigenvalue weighted by molar-refractivity contribution is 7.91. The van der Waals surface area contributed by atoms with Gasteiger partial charge in [0, 0.05) is 24.2 Å². The Balaban J connectivity index is 1.92. The Labute approximate surface area is 170 Å². The van der Waals surface area contributed by atoms with Gasteiger partial charge in [-0.3, -0.25) is 4.79 Å². The molecule has 0 aliphatic rings. The molecule has 2 aromatic carbocycles. The van der Waals surface area contributed by atoms with E-state index in [1.165, 1.54) is 12.3 Å². The number of sulfone groups is 1. The molecule has 3 rings (SSSR count). The summed E-state index contributed by atoms with van der Waals surface area (Å²) in [4.78, 5) is 12.6. The number of nitrogens with one attached hydrogen (secondary N) is 1. The third-order valence-corrected chi connectivity index (χ3v) is 6.28. The van der Waals surface area contributed by atoms with E-state index in [4.69, 9.17) is 0 Å². The molecule has 1 amide bonds. The molecule has 3 aromatic rings. The molecule has 6 nitrogen and oxygen atoms in total. The maximum atomic E-state index is 12.5. The summed E-state index contributed by atoms with van der Waals surface area (Å²) in [6.45, 7) is 3.26. The summed E-state index contributed by atoms with van der Waals surface area (Å²) in [7, 11) is -3.45. The van der Waals surface area contributed by atoms with Crippen molar-refractivity contribution in [3.05, 3.63) is 83.3 Å². The van der Waals surface area contributed by atoms with E-state index in [0.29, 0.717) is 27.2 Å². The Bertz CT molecular complexity index is 1140. The van der Waals surface area contributed by atoms with E-state index in [9.17, 15) is 18.4 Å². The quantitative estimate of drug-likeness (QED) is 0.499. The van der Waals surface area contributed by atoms with Crippen LogP contribution in [-0.4, -0.2) is 20.1 Å². The summed E-state index contributed by atoms with van der Waals surface area (Å²) in [6.07, 6.45) is 1.37. The van der Waals surface area contributed by atoms with E-state index in [1.807, 2.05) is 30.3 Å². The average Bonchev–Trinajstić information content (AvgIpc) is 2.71. The predicted octanol–water partition coefficient (Wildman–Crippen LogP) is 3.27. The van der Waals surface area contributed by atoms with Crippen molar-refractivity contribution in [2.45, 2.75) is 25.2 Å². The molecule has 0 saturated carbocycles. The van der Waals surface area contributed by atoms with Gasteiger partial charge in [0.15, 0.2) is 21.7 Å². The molecule has 0 spiro atoms. The Morgan fingerprint density at radius 1 is 1.03 bits per heavy atom. The maximum absolute atomic E-state index is 12.5. The number of aryl methyl sites for hydroxylation is 1. The fourth-order valence-electron chi connectivity index (χ4n) is 2.91. The van der Waals surface area contributed by atoms with Crippen molar-refractivity contribution in [1.29, 1.82) is 0 Å². The zero-order valence-corrected chi connectivity index (χ0v) is 17.1. The fraction of sp³-hybridized carbons (Fsp3) is 0.182. The van der Waals surface area contributed by atoms with Gasteiger partial charge in [0.25, 0.3) is 0 Å². The standard InChI is InChI=1S/C22H22N2O4S/c1-3-29(27,28)21-13-19(18-7-5-4-6-8-18)12-20(14-21)23-22(25)11-17-10-9-16(2)24(26)15-17/h4-10,12-15H,3,11H2,1-2H3,(H,23,25). The summed E-state index contributed by atoms with van der Waals surface area (Å²) in [5, 5.41) is 14.4. The molecule has 1 heterocycles. The van der Waals surface area contributed by atoms with E-state index in [0.717, 1.165) is 5.56 Å². The normalized spacial score (nSPS) is 11.2. The molecule has 0 fully saturated rings. The van der Waals surface area contributed by atoms with Gasteiger partial charge in [0.05, 0.1) is 17.1 Å². The molecule has 7 heteroatoms. The van der Waals surface area contributed by atoms with Gasteiger partial charge < -0.3 is 10.5 Å². The first kappa shape index (κ1) is 20.5. The molecule has 150 valence electrons. The second-order valence-electron chi connectivity index (χ2n) is 6.74. The monoisotopic (exact) mass is 410 g/mol.